The second-order valence-corrected chi connectivity index (χ2v) is 6.85. The summed E-state index contributed by atoms with van der Waals surface area (Å²) in [6, 6.07) is 5.01. The molecule has 2 aliphatic rings. The highest BCUT2D eigenvalue weighted by Gasteiger charge is 2.54. The molecule has 0 spiro atoms. The van der Waals surface area contributed by atoms with E-state index in [1.54, 1.807) is 0 Å². The van der Waals surface area contributed by atoms with E-state index in [9.17, 15) is 0 Å². The molecule has 2 aliphatic carbocycles. The Labute approximate surface area is 129 Å². The summed E-state index contributed by atoms with van der Waals surface area (Å²) in [5.74, 6) is 3.83. The van der Waals surface area contributed by atoms with Gasteiger partial charge >= 0.3 is 0 Å². The number of hydrogen-bond acceptors (Lipinski definition) is 2. The first-order valence-electron chi connectivity index (χ1n) is 8.56. The van der Waals surface area contributed by atoms with E-state index in [1.807, 2.05) is 7.11 Å². The van der Waals surface area contributed by atoms with Crippen molar-refractivity contribution in [3.8, 4) is 5.75 Å². The largest absolute Gasteiger partial charge is 0.496 e. The van der Waals surface area contributed by atoms with Crippen LogP contribution in [0.25, 0.3) is 0 Å². The second kappa shape index (κ2) is 6.00. The van der Waals surface area contributed by atoms with Crippen LogP contribution < -0.4 is 10.1 Å². The van der Waals surface area contributed by atoms with Gasteiger partial charge in [0.25, 0.3) is 0 Å². The summed E-state index contributed by atoms with van der Waals surface area (Å²) in [4.78, 5) is 0. The molecular weight excluding hydrogens is 258 g/mol. The fraction of sp³-hybridized carbons (Fsp3) is 0.684. The molecule has 0 saturated heterocycles. The van der Waals surface area contributed by atoms with Crippen LogP contribution in [-0.4, -0.2) is 13.7 Å². The van der Waals surface area contributed by atoms with E-state index in [4.69, 9.17) is 4.74 Å². The van der Waals surface area contributed by atoms with Crippen molar-refractivity contribution in [1.29, 1.82) is 0 Å². The number of rotatable bonds is 5. The molecule has 1 N–H and O–H groups in total. The fourth-order valence-corrected chi connectivity index (χ4v) is 4.54. The minimum atomic E-state index is 0.470. The standard InChI is InChI=1S/C19H29NO/c1-5-20-18(17-14-8-6-7-9-15(14)17)16-11-10-12(2)13(3)19(16)21-4/h10-11,14-15,17-18,20H,5-9H2,1-4H3. The van der Waals surface area contributed by atoms with Crippen molar-refractivity contribution in [3.05, 3.63) is 28.8 Å². The predicted octanol–water partition coefficient (Wildman–Crippen LogP) is 4.40. The van der Waals surface area contributed by atoms with Crippen molar-refractivity contribution >= 4 is 0 Å². The summed E-state index contributed by atoms with van der Waals surface area (Å²) in [5.41, 5.74) is 3.99. The Morgan fingerprint density at radius 2 is 1.86 bits per heavy atom. The lowest BCUT2D eigenvalue weighted by atomic mass is 9.94. The third-order valence-electron chi connectivity index (χ3n) is 5.78. The topological polar surface area (TPSA) is 21.3 Å². The summed E-state index contributed by atoms with van der Waals surface area (Å²) >= 11 is 0. The summed E-state index contributed by atoms with van der Waals surface area (Å²) < 4.78 is 5.78. The minimum Gasteiger partial charge on any atom is -0.496 e. The Balaban J connectivity index is 1.93. The molecule has 0 aliphatic heterocycles. The molecule has 2 fully saturated rings. The molecule has 0 radical (unpaired) electrons. The predicted molar refractivity (Wildman–Crippen MR) is 87.8 cm³/mol. The number of hydrogen-bond donors (Lipinski definition) is 1. The monoisotopic (exact) mass is 287 g/mol. The second-order valence-electron chi connectivity index (χ2n) is 6.85. The molecule has 3 atom stereocenters. The first-order chi connectivity index (χ1) is 10.2. The quantitative estimate of drug-likeness (QED) is 0.866. The zero-order valence-electron chi connectivity index (χ0n) is 13.9. The van der Waals surface area contributed by atoms with Crippen LogP contribution in [0, 0.1) is 31.6 Å². The van der Waals surface area contributed by atoms with Gasteiger partial charge in [-0.1, -0.05) is 31.9 Å². The van der Waals surface area contributed by atoms with Gasteiger partial charge in [0.1, 0.15) is 5.75 Å². The van der Waals surface area contributed by atoms with Crippen LogP contribution >= 0.6 is 0 Å². The molecule has 2 nitrogen and oxygen atoms in total. The maximum atomic E-state index is 5.78. The normalized spacial score (nSPS) is 28.9. The first-order valence-corrected chi connectivity index (χ1v) is 8.56. The Kier molecular flexibility index (Phi) is 4.26. The molecule has 1 aromatic carbocycles. The minimum absolute atomic E-state index is 0.470. The van der Waals surface area contributed by atoms with Gasteiger partial charge in [-0.25, -0.2) is 0 Å². The van der Waals surface area contributed by atoms with Crippen molar-refractivity contribution in [2.45, 2.75) is 52.5 Å². The Morgan fingerprint density at radius 3 is 2.43 bits per heavy atom. The summed E-state index contributed by atoms with van der Waals surface area (Å²) in [6.07, 6.45) is 5.73. The van der Waals surface area contributed by atoms with Crippen molar-refractivity contribution < 1.29 is 4.74 Å². The van der Waals surface area contributed by atoms with Crippen LogP contribution in [0.2, 0.25) is 0 Å². The van der Waals surface area contributed by atoms with Crippen LogP contribution in [0.5, 0.6) is 5.75 Å². The molecule has 0 heterocycles. The number of fused-ring (bicyclic) bond motifs is 1. The van der Waals surface area contributed by atoms with E-state index in [-0.39, 0.29) is 0 Å². The number of methoxy groups -OCH3 is 1. The van der Waals surface area contributed by atoms with E-state index >= 15 is 0 Å². The molecular formula is C19H29NO. The lowest BCUT2D eigenvalue weighted by Gasteiger charge is -2.23. The van der Waals surface area contributed by atoms with Gasteiger partial charge in [-0.3, -0.25) is 0 Å². The zero-order chi connectivity index (χ0) is 15.0. The summed E-state index contributed by atoms with van der Waals surface area (Å²) in [7, 11) is 1.81. The van der Waals surface area contributed by atoms with E-state index in [0.29, 0.717) is 6.04 Å². The van der Waals surface area contributed by atoms with Gasteiger partial charge in [0.05, 0.1) is 7.11 Å². The van der Waals surface area contributed by atoms with E-state index < -0.39 is 0 Å². The van der Waals surface area contributed by atoms with Crippen molar-refractivity contribution in [2.24, 2.45) is 17.8 Å². The van der Waals surface area contributed by atoms with Crippen molar-refractivity contribution in [1.82, 2.24) is 5.32 Å². The molecule has 21 heavy (non-hydrogen) atoms. The van der Waals surface area contributed by atoms with Crippen LogP contribution in [0.1, 0.15) is 55.3 Å². The van der Waals surface area contributed by atoms with E-state index in [0.717, 1.165) is 30.0 Å². The van der Waals surface area contributed by atoms with Gasteiger partial charge in [0.2, 0.25) is 0 Å². The first kappa shape index (κ1) is 14.9. The average molecular weight is 287 g/mol. The fourth-order valence-electron chi connectivity index (χ4n) is 4.54. The molecule has 2 heteroatoms. The van der Waals surface area contributed by atoms with Gasteiger partial charge < -0.3 is 10.1 Å². The zero-order valence-corrected chi connectivity index (χ0v) is 13.9. The van der Waals surface area contributed by atoms with Gasteiger partial charge in [-0.2, -0.15) is 0 Å². The van der Waals surface area contributed by atoms with Crippen LogP contribution in [0.15, 0.2) is 12.1 Å². The number of ether oxygens (including phenoxy) is 1. The van der Waals surface area contributed by atoms with Crippen molar-refractivity contribution in [3.63, 3.8) is 0 Å². The van der Waals surface area contributed by atoms with Gasteiger partial charge in [-0.15, -0.1) is 0 Å². The molecule has 0 bridgehead atoms. The third-order valence-corrected chi connectivity index (χ3v) is 5.78. The SMILES string of the molecule is CCNC(c1ccc(C)c(C)c1OC)C1C2CCCCC21. The maximum absolute atomic E-state index is 5.78. The summed E-state index contributed by atoms with van der Waals surface area (Å²) in [5, 5.41) is 3.76. The highest BCUT2D eigenvalue weighted by molar-refractivity contribution is 5.47. The number of aryl methyl sites for hydroxylation is 1. The summed E-state index contributed by atoms with van der Waals surface area (Å²) in [6.45, 7) is 7.59. The lowest BCUT2D eigenvalue weighted by molar-refractivity contribution is 0.383. The maximum Gasteiger partial charge on any atom is 0.126 e. The van der Waals surface area contributed by atoms with Crippen LogP contribution in [0.4, 0.5) is 0 Å². The molecule has 3 unspecified atom stereocenters. The molecule has 3 rings (SSSR count). The third kappa shape index (κ3) is 2.59. The molecule has 1 aromatic rings. The highest BCUT2D eigenvalue weighted by atomic mass is 16.5. The Bertz CT molecular complexity index is 499. The Morgan fingerprint density at radius 1 is 1.19 bits per heavy atom. The van der Waals surface area contributed by atoms with E-state index in [1.165, 1.54) is 42.4 Å². The molecule has 2 saturated carbocycles. The Hall–Kier alpha value is -1.02. The molecule has 0 aromatic heterocycles. The van der Waals surface area contributed by atoms with Crippen LogP contribution in [0.3, 0.4) is 0 Å². The molecule has 0 amide bonds. The smallest absolute Gasteiger partial charge is 0.126 e. The van der Waals surface area contributed by atoms with Crippen LogP contribution in [-0.2, 0) is 0 Å². The van der Waals surface area contributed by atoms with Gasteiger partial charge in [0, 0.05) is 11.6 Å². The van der Waals surface area contributed by atoms with Crippen molar-refractivity contribution in [2.75, 3.05) is 13.7 Å². The molecule has 116 valence electrons. The highest BCUT2D eigenvalue weighted by Crippen LogP contribution is 2.61. The van der Waals surface area contributed by atoms with Gasteiger partial charge in [0.15, 0.2) is 0 Å². The lowest BCUT2D eigenvalue weighted by Crippen LogP contribution is -2.24. The van der Waals surface area contributed by atoms with E-state index in [2.05, 4.69) is 38.2 Å². The average Bonchev–Trinajstić information content (AvgIpc) is 3.22. The number of nitrogens with one attached hydrogen (secondary N) is 1. The number of benzene rings is 1. The van der Waals surface area contributed by atoms with Gasteiger partial charge in [-0.05, 0) is 62.1 Å².